The van der Waals surface area contributed by atoms with Crippen LogP contribution in [0.5, 0.6) is 0 Å². The molecule has 0 rings (SSSR count). The summed E-state index contributed by atoms with van der Waals surface area (Å²) >= 11 is 0. The first-order valence-corrected chi connectivity index (χ1v) is 34.9. The molecule has 0 aromatic carbocycles. The predicted octanol–water partition coefficient (Wildman–Crippen LogP) is 24.2. The van der Waals surface area contributed by atoms with Gasteiger partial charge in [-0.3, -0.25) is 14.4 Å². The summed E-state index contributed by atoms with van der Waals surface area (Å²) in [7, 11) is 0. The summed E-state index contributed by atoms with van der Waals surface area (Å²) in [4.78, 5) is 38.4. The lowest BCUT2D eigenvalue weighted by Crippen LogP contribution is -2.30. The summed E-state index contributed by atoms with van der Waals surface area (Å²) in [5.74, 6) is -0.892. The summed E-state index contributed by atoms with van der Waals surface area (Å²) in [5, 5.41) is 0. The smallest absolute Gasteiger partial charge is 0.306 e. The Hall–Kier alpha value is -3.93. The highest BCUT2D eigenvalue weighted by Crippen LogP contribution is 2.16. The third kappa shape index (κ3) is 66.9. The van der Waals surface area contributed by atoms with Crippen LogP contribution >= 0.6 is 0 Å². The number of hydrogen-bond acceptors (Lipinski definition) is 6. The van der Waals surface area contributed by atoms with Crippen LogP contribution in [0.2, 0.25) is 0 Å². The van der Waals surface area contributed by atoms with Gasteiger partial charge in [0.25, 0.3) is 0 Å². The zero-order valence-electron chi connectivity index (χ0n) is 54.0. The van der Waals surface area contributed by atoms with E-state index in [-0.39, 0.29) is 31.1 Å². The van der Waals surface area contributed by atoms with Crippen molar-refractivity contribution in [3.8, 4) is 0 Å². The van der Waals surface area contributed by atoms with Crippen molar-refractivity contribution in [2.75, 3.05) is 13.2 Å². The van der Waals surface area contributed by atoms with Gasteiger partial charge in [-0.05, 0) is 128 Å². The molecule has 1 atom stereocenters. The number of ether oxygens (including phenoxy) is 3. The van der Waals surface area contributed by atoms with Crippen molar-refractivity contribution < 1.29 is 28.6 Å². The number of carbonyl (C=O) groups is 3. The summed E-state index contributed by atoms with van der Waals surface area (Å²) in [6.45, 7) is 6.52. The van der Waals surface area contributed by atoms with Gasteiger partial charge in [0, 0.05) is 19.3 Å². The first-order valence-electron chi connectivity index (χ1n) is 34.9. The van der Waals surface area contributed by atoms with Crippen molar-refractivity contribution in [3.05, 3.63) is 109 Å². The van der Waals surface area contributed by atoms with Gasteiger partial charge in [0.2, 0.25) is 0 Å². The van der Waals surface area contributed by atoms with Crippen LogP contribution in [0.4, 0.5) is 0 Å². The molecule has 0 N–H and O–H groups in total. The lowest BCUT2D eigenvalue weighted by molar-refractivity contribution is -0.167. The SMILES string of the molecule is CC/C=C\C/C=C\C/C=C\C/C=C\C/C=C\C/C=C\CCCCCCCCCCCCC(=O)OCC(COC(=O)CCCCCCC/C=C\C/C=C\CCCCCC)OC(=O)CCCCCCCCCCC/C=C\CCCCCCCC. The van der Waals surface area contributed by atoms with Crippen LogP contribution in [0.25, 0.3) is 0 Å². The van der Waals surface area contributed by atoms with E-state index in [1.54, 1.807) is 0 Å². The van der Waals surface area contributed by atoms with Crippen LogP contribution in [-0.2, 0) is 28.6 Å². The normalized spacial score (nSPS) is 12.8. The van der Waals surface area contributed by atoms with E-state index in [0.29, 0.717) is 19.3 Å². The topological polar surface area (TPSA) is 78.9 Å². The number of allylic oxidation sites excluding steroid dienone is 18. The predicted molar refractivity (Wildman–Crippen MR) is 357 cm³/mol. The van der Waals surface area contributed by atoms with Gasteiger partial charge >= 0.3 is 17.9 Å². The highest BCUT2D eigenvalue weighted by molar-refractivity contribution is 5.71. The zero-order chi connectivity index (χ0) is 59.2. The van der Waals surface area contributed by atoms with E-state index in [2.05, 4.69) is 130 Å². The highest BCUT2D eigenvalue weighted by atomic mass is 16.6. The Labute approximate surface area is 508 Å². The quantitative estimate of drug-likeness (QED) is 0.0261. The van der Waals surface area contributed by atoms with Crippen molar-refractivity contribution in [2.45, 2.75) is 341 Å². The van der Waals surface area contributed by atoms with Crippen LogP contribution in [-0.4, -0.2) is 37.2 Å². The maximum absolute atomic E-state index is 13.0. The Morgan fingerprint density at radius 2 is 0.476 bits per heavy atom. The minimum atomic E-state index is -0.790. The summed E-state index contributed by atoms with van der Waals surface area (Å²) in [6, 6.07) is 0. The molecule has 470 valence electrons. The molecular formula is C76H130O6. The molecule has 0 heterocycles. The first kappa shape index (κ1) is 78.1. The number of hydrogen-bond donors (Lipinski definition) is 0. The van der Waals surface area contributed by atoms with E-state index in [1.807, 2.05) is 0 Å². The summed E-state index contributed by atoms with van der Waals surface area (Å²) in [5.41, 5.74) is 0. The molecule has 0 saturated carbocycles. The molecule has 0 aliphatic rings. The van der Waals surface area contributed by atoms with Crippen LogP contribution < -0.4 is 0 Å². The number of rotatable bonds is 63. The Bertz CT molecular complexity index is 1640. The number of esters is 3. The van der Waals surface area contributed by atoms with E-state index in [0.717, 1.165) is 116 Å². The monoisotopic (exact) mass is 1140 g/mol. The maximum atomic E-state index is 13.0. The lowest BCUT2D eigenvalue weighted by atomic mass is 10.0. The molecule has 1 unspecified atom stereocenters. The average Bonchev–Trinajstić information content (AvgIpc) is 3.47. The molecule has 0 aliphatic heterocycles. The van der Waals surface area contributed by atoms with Crippen molar-refractivity contribution in [1.29, 1.82) is 0 Å². The molecule has 0 aromatic rings. The zero-order valence-corrected chi connectivity index (χ0v) is 54.0. The van der Waals surface area contributed by atoms with Gasteiger partial charge in [0.15, 0.2) is 6.10 Å². The summed E-state index contributed by atoms with van der Waals surface area (Å²) < 4.78 is 17.0. The average molecular weight is 1140 g/mol. The molecule has 6 nitrogen and oxygen atoms in total. The van der Waals surface area contributed by atoms with Crippen LogP contribution in [0.15, 0.2) is 109 Å². The fraction of sp³-hybridized carbons (Fsp3) is 0.724. The fourth-order valence-electron chi connectivity index (χ4n) is 9.77. The Morgan fingerprint density at radius 3 is 0.768 bits per heavy atom. The second kappa shape index (κ2) is 69.6. The molecular weight excluding hydrogens is 1010 g/mol. The van der Waals surface area contributed by atoms with Gasteiger partial charge in [-0.15, -0.1) is 0 Å². The Morgan fingerprint density at radius 1 is 0.256 bits per heavy atom. The van der Waals surface area contributed by atoms with Crippen LogP contribution in [0.1, 0.15) is 335 Å². The van der Waals surface area contributed by atoms with Gasteiger partial charge in [0.05, 0.1) is 0 Å². The van der Waals surface area contributed by atoms with E-state index in [4.69, 9.17) is 14.2 Å². The molecule has 0 bridgehead atoms. The minimum absolute atomic E-state index is 0.0848. The van der Waals surface area contributed by atoms with Gasteiger partial charge in [0.1, 0.15) is 13.2 Å². The van der Waals surface area contributed by atoms with Gasteiger partial charge in [-0.1, -0.05) is 297 Å². The molecule has 0 aliphatic carbocycles. The van der Waals surface area contributed by atoms with Crippen LogP contribution in [0, 0.1) is 0 Å². The molecule has 0 aromatic heterocycles. The second-order valence-electron chi connectivity index (χ2n) is 23.1. The molecule has 0 saturated heterocycles. The summed E-state index contributed by atoms with van der Waals surface area (Å²) in [6.07, 6.45) is 95.3. The highest BCUT2D eigenvalue weighted by Gasteiger charge is 2.19. The Kier molecular flexibility index (Phi) is 66.2. The van der Waals surface area contributed by atoms with Crippen molar-refractivity contribution >= 4 is 17.9 Å². The third-order valence-corrected chi connectivity index (χ3v) is 15.0. The third-order valence-electron chi connectivity index (χ3n) is 15.0. The van der Waals surface area contributed by atoms with E-state index in [9.17, 15) is 14.4 Å². The molecule has 0 spiro atoms. The van der Waals surface area contributed by atoms with Crippen molar-refractivity contribution in [3.63, 3.8) is 0 Å². The first-order chi connectivity index (χ1) is 40.5. The number of carbonyl (C=O) groups excluding carboxylic acids is 3. The molecule has 82 heavy (non-hydrogen) atoms. The van der Waals surface area contributed by atoms with Crippen LogP contribution in [0.3, 0.4) is 0 Å². The molecule has 0 radical (unpaired) electrons. The van der Waals surface area contributed by atoms with E-state index >= 15 is 0 Å². The van der Waals surface area contributed by atoms with Crippen molar-refractivity contribution in [1.82, 2.24) is 0 Å². The van der Waals surface area contributed by atoms with E-state index < -0.39 is 6.10 Å². The van der Waals surface area contributed by atoms with E-state index in [1.165, 1.54) is 180 Å². The maximum Gasteiger partial charge on any atom is 0.306 e. The largest absolute Gasteiger partial charge is 0.462 e. The molecule has 6 heteroatoms. The number of unbranched alkanes of at least 4 members (excludes halogenated alkanes) is 34. The fourth-order valence-corrected chi connectivity index (χ4v) is 9.77. The second-order valence-corrected chi connectivity index (χ2v) is 23.1. The van der Waals surface area contributed by atoms with Gasteiger partial charge in [-0.2, -0.15) is 0 Å². The minimum Gasteiger partial charge on any atom is -0.462 e. The molecule has 0 amide bonds. The van der Waals surface area contributed by atoms with Gasteiger partial charge < -0.3 is 14.2 Å². The lowest BCUT2D eigenvalue weighted by Gasteiger charge is -2.18. The molecule has 0 fully saturated rings. The standard InChI is InChI=1S/C76H130O6/c1-4-7-10-13-16-19-22-25-28-31-33-34-35-36-37-38-39-40-41-42-44-45-48-51-54-57-60-63-66-69-75(78)81-72-73(71-80-74(77)68-65-62-59-56-53-50-47-30-27-24-21-18-15-12-9-6-3)82-76(79)70-67-64-61-58-55-52-49-46-43-32-29-26-23-20-17-14-11-8-5-2/h7,10,16,19,21,24-26,28-30,33-34,36-37,39-40,47,73H,4-6,8-9,11-15,17-18,20,22-23,27,31-32,35,38,41-46,48-72H2,1-3H3/b10-7-,19-16-,24-21-,28-25-,29-26-,34-33-,37-36-,40-39-,47-30-. The Balaban J connectivity index is 4.34. The van der Waals surface area contributed by atoms with Gasteiger partial charge in [-0.25, -0.2) is 0 Å². The van der Waals surface area contributed by atoms with Crippen molar-refractivity contribution in [2.24, 2.45) is 0 Å².